The van der Waals surface area contributed by atoms with E-state index in [0.717, 1.165) is 57.0 Å². The molecule has 0 radical (unpaired) electrons. The number of hydrogen-bond donors (Lipinski definition) is 0. The fourth-order valence-electron chi connectivity index (χ4n) is 6.13. The van der Waals surface area contributed by atoms with Crippen LogP contribution in [0.2, 0.25) is 0 Å². The highest BCUT2D eigenvalue weighted by Crippen LogP contribution is 2.42. The van der Waals surface area contributed by atoms with Gasteiger partial charge in [-0.3, -0.25) is 0 Å². The molecule has 0 amide bonds. The van der Waals surface area contributed by atoms with Crippen LogP contribution < -0.4 is 0 Å². The number of terminal acetylenes is 1. The van der Waals surface area contributed by atoms with Crippen molar-refractivity contribution in [2.75, 3.05) is 7.05 Å². The number of amidine groups is 2. The summed E-state index contributed by atoms with van der Waals surface area (Å²) < 4.78 is 0. The number of allylic oxidation sites excluding steroid dienone is 2. The van der Waals surface area contributed by atoms with Gasteiger partial charge in [0.2, 0.25) is 0 Å². The molecule has 0 saturated heterocycles. The molecule has 1 aromatic heterocycles. The van der Waals surface area contributed by atoms with Gasteiger partial charge in [0.25, 0.3) is 0 Å². The molecule has 1 aliphatic heterocycles. The van der Waals surface area contributed by atoms with Crippen molar-refractivity contribution in [1.82, 2.24) is 9.88 Å². The first kappa shape index (κ1) is 28.6. The topological polar surface area (TPSA) is 40.9 Å². The number of rotatable bonds is 5. The van der Waals surface area contributed by atoms with Gasteiger partial charge in [-0.15, -0.1) is 12.8 Å². The molecular formula is C40H34N4. The number of benzene rings is 4. The number of nitrogens with zero attached hydrogens (tertiary/aromatic N) is 4. The third-order valence-electron chi connectivity index (χ3n) is 8.22. The molecule has 7 rings (SSSR count). The van der Waals surface area contributed by atoms with Crippen LogP contribution in [0.15, 0.2) is 137 Å². The van der Waals surface area contributed by atoms with Crippen LogP contribution >= 0.6 is 0 Å². The van der Waals surface area contributed by atoms with Crippen molar-refractivity contribution in [1.29, 1.82) is 0 Å². The summed E-state index contributed by atoms with van der Waals surface area (Å²) in [7, 11) is 2.08. The lowest BCUT2D eigenvalue weighted by Gasteiger charge is -2.33. The number of aromatic nitrogens is 1. The van der Waals surface area contributed by atoms with Crippen LogP contribution in [0.4, 0.5) is 0 Å². The summed E-state index contributed by atoms with van der Waals surface area (Å²) in [5, 5.41) is 1.15. The second-order valence-electron chi connectivity index (χ2n) is 10.8. The molecule has 4 aromatic carbocycles. The maximum Gasteiger partial charge on any atom is 0.160 e. The van der Waals surface area contributed by atoms with E-state index in [1.54, 1.807) is 0 Å². The number of hydrogen-bond acceptors (Lipinski definition) is 4. The van der Waals surface area contributed by atoms with Crippen molar-refractivity contribution in [3.8, 4) is 35.2 Å². The quantitative estimate of drug-likeness (QED) is 0.153. The van der Waals surface area contributed by atoms with Crippen LogP contribution in [0.1, 0.15) is 42.3 Å². The summed E-state index contributed by atoms with van der Waals surface area (Å²) in [5.74, 6) is 1.68. The zero-order valence-corrected chi connectivity index (χ0v) is 25.3. The van der Waals surface area contributed by atoms with E-state index in [-0.39, 0.29) is 6.17 Å². The zero-order chi connectivity index (χ0) is 30.6. The van der Waals surface area contributed by atoms with Crippen LogP contribution in [-0.4, -0.2) is 28.6 Å². The fourth-order valence-corrected chi connectivity index (χ4v) is 6.13. The second-order valence-corrected chi connectivity index (χ2v) is 10.8. The van der Waals surface area contributed by atoms with Gasteiger partial charge in [-0.1, -0.05) is 103 Å². The normalized spacial score (nSPS) is 15.7. The van der Waals surface area contributed by atoms with Crippen molar-refractivity contribution >= 4 is 22.6 Å². The molecule has 2 aliphatic rings. The first-order valence-electron chi connectivity index (χ1n) is 14.8. The predicted molar refractivity (Wildman–Crippen MR) is 185 cm³/mol. The molecule has 0 N–H and O–H groups in total. The molecule has 4 nitrogen and oxygen atoms in total. The van der Waals surface area contributed by atoms with Crippen molar-refractivity contribution in [3.05, 3.63) is 149 Å². The van der Waals surface area contributed by atoms with Crippen LogP contribution in [0.25, 0.3) is 33.3 Å². The van der Waals surface area contributed by atoms with Crippen LogP contribution in [-0.2, 0) is 6.42 Å². The number of aliphatic imine (C=N–C) groups is 2. The summed E-state index contributed by atoms with van der Waals surface area (Å²) in [5.41, 5.74) is 11.5. The lowest BCUT2D eigenvalue weighted by Crippen LogP contribution is -2.36. The molecule has 1 unspecified atom stereocenters. The van der Waals surface area contributed by atoms with Gasteiger partial charge in [-0.2, -0.15) is 0 Å². The Kier molecular flexibility index (Phi) is 8.04. The van der Waals surface area contributed by atoms with Gasteiger partial charge in [-0.05, 0) is 66.3 Å². The molecule has 44 heavy (non-hydrogen) atoms. The van der Waals surface area contributed by atoms with Gasteiger partial charge in [0.15, 0.2) is 5.84 Å². The number of pyridine rings is 1. The first-order valence-corrected chi connectivity index (χ1v) is 14.8. The standard InChI is InChI=1S/C38H32N4.C2H2/c1-4-12-25(5-2)37-40-36(41-38(42(37)3)27-14-7-6-8-15-27)31-17-11-16-30-23-28-19-20-29(24-32(28)35(30)31)34-22-21-26-13-9-10-18-33(26)39-34;1-2/h4-22,24,38H,23H2,1-3H3;1-2H/b12-4-,25-5+;. The molecule has 214 valence electrons. The first-order chi connectivity index (χ1) is 21.6. The Balaban J connectivity index is 0.00000168. The Hall–Kier alpha value is -5.53. The van der Waals surface area contributed by atoms with Crippen LogP contribution in [0, 0.1) is 12.8 Å². The Morgan fingerprint density at radius 2 is 1.61 bits per heavy atom. The molecule has 4 heteroatoms. The molecule has 0 fully saturated rings. The van der Waals surface area contributed by atoms with Gasteiger partial charge in [0, 0.05) is 29.1 Å². The maximum atomic E-state index is 5.29. The Morgan fingerprint density at radius 1 is 0.818 bits per heavy atom. The third-order valence-corrected chi connectivity index (χ3v) is 8.22. The van der Waals surface area contributed by atoms with E-state index in [2.05, 4.69) is 141 Å². The van der Waals surface area contributed by atoms with E-state index in [4.69, 9.17) is 15.0 Å². The minimum atomic E-state index is -0.182. The smallest absolute Gasteiger partial charge is 0.160 e. The highest BCUT2D eigenvalue weighted by atomic mass is 15.3. The van der Waals surface area contributed by atoms with Crippen molar-refractivity contribution in [3.63, 3.8) is 0 Å². The summed E-state index contributed by atoms with van der Waals surface area (Å²) in [4.78, 5) is 17.7. The molecule has 5 aromatic rings. The van der Waals surface area contributed by atoms with E-state index in [1.807, 2.05) is 19.1 Å². The molecule has 0 saturated carbocycles. The van der Waals surface area contributed by atoms with E-state index in [0.29, 0.717) is 0 Å². The average molecular weight is 571 g/mol. The Labute approximate surface area is 259 Å². The lowest BCUT2D eigenvalue weighted by atomic mass is 9.96. The monoisotopic (exact) mass is 570 g/mol. The fraction of sp³-hybridized carbons (Fsp3) is 0.125. The van der Waals surface area contributed by atoms with Gasteiger partial charge >= 0.3 is 0 Å². The summed E-state index contributed by atoms with van der Waals surface area (Å²) in [6, 6.07) is 36.3. The van der Waals surface area contributed by atoms with Crippen molar-refractivity contribution < 1.29 is 0 Å². The van der Waals surface area contributed by atoms with Gasteiger partial charge in [-0.25, -0.2) is 15.0 Å². The highest BCUT2D eigenvalue weighted by molar-refractivity contribution is 6.16. The Morgan fingerprint density at radius 3 is 2.41 bits per heavy atom. The van der Waals surface area contributed by atoms with E-state index < -0.39 is 0 Å². The molecule has 2 heterocycles. The lowest BCUT2D eigenvalue weighted by molar-refractivity contribution is 0.382. The second kappa shape index (κ2) is 12.4. The summed E-state index contributed by atoms with van der Waals surface area (Å²) in [6.45, 7) is 4.10. The average Bonchev–Trinajstić information content (AvgIpc) is 3.47. The van der Waals surface area contributed by atoms with Crippen molar-refractivity contribution in [2.45, 2.75) is 26.4 Å². The van der Waals surface area contributed by atoms with Gasteiger partial charge < -0.3 is 4.90 Å². The number of fused-ring (bicyclic) bond motifs is 4. The minimum Gasteiger partial charge on any atom is -0.333 e. The van der Waals surface area contributed by atoms with Crippen LogP contribution in [0.5, 0.6) is 0 Å². The minimum absolute atomic E-state index is 0.182. The van der Waals surface area contributed by atoms with Gasteiger partial charge in [0.1, 0.15) is 12.0 Å². The number of para-hydroxylation sites is 1. The molecule has 1 atom stereocenters. The maximum absolute atomic E-state index is 5.29. The Bertz CT molecular complexity index is 1990. The zero-order valence-electron chi connectivity index (χ0n) is 25.3. The molecule has 0 spiro atoms. The predicted octanol–water partition coefficient (Wildman–Crippen LogP) is 9.03. The van der Waals surface area contributed by atoms with Crippen LogP contribution in [0.3, 0.4) is 0 Å². The molecular weight excluding hydrogens is 536 g/mol. The largest absolute Gasteiger partial charge is 0.333 e. The van der Waals surface area contributed by atoms with Crippen molar-refractivity contribution in [2.24, 2.45) is 9.98 Å². The summed E-state index contributed by atoms with van der Waals surface area (Å²) in [6.07, 6.45) is 15.0. The summed E-state index contributed by atoms with van der Waals surface area (Å²) >= 11 is 0. The van der Waals surface area contributed by atoms with Gasteiger partial charge in [0.05, 0.1) is 11.2 Å². The molecule has 1 aliphatic carbocycles. The van der Waals surface area contributed by atoms with E-state index in [1.165, 1.54) is 22.3 Å². The van der Waals surface area contributed by atoms with E-state index >= 15 is 0 Å². The SMILES string of the molecule is C#C.C/C=C\C(=C/C)C1=NC(c2cccc3c2-c2cc(-c4ccc5ccccc5n4)ccc2C3)=NC(c2ccccc2)N1C. The van der Waals surface area contributed by atoms with E-state index in [9.17, 15) is 0 Å². The third kappa shape index (κ3) is 5.14. The highest BCUT2D eigenvalue weighted by Gasteiger charge is 2.30. The number of likely N-dealkylation sites (N-methyl/N-ethyl adjacent to an activating group) is 1. The molecule has 0 bridgehead atoms.